The molecule has 1 N–H and O–H groups in total. The average Bonchev–Trinajstić information content (AvgIpc) is 2.79. The van der Waals surface area contributed by atoms with Crippen molar-refractivity contribution in [1.82, 2.24) is 5.32 Å². The molecule has 1 aliphatic rings. The number of hydrogen-bond acceptors (Lipinski definition) is 2. The lowest BCUT2D eigenvalue weighted by Crippen LogP contribution is -2.15. The monoisotopic (exact) mass is 245 g/mol. The minimum absolute atomic E-state index is 0.325. The summed E-state index contributed by atoms with van der Waals surface area (Å²) in [7, 11) is 0. The van der Waals surface area contributed by atoms with Crippen LogP contribution in [0.1, 0.15) is 45.5 Å². The van der Waals surface area contributed by atoms with Crippen LogP contribution in [0.25, 0.3) is 0 Å². The number of hydrogen-bond donors (Lipinski definition) is 1. The van der Waals surface area contributed by atoms with Gasteiger partial charge in [-0.1, -0.05) is 6.07 Å². The first kappa shape index (κ1) is 13.3. The van der Waals surface area contributed by atoms with Crippen LogP contribution < -0.4 is 5.32 Å². The van der Waals surface area contributed by atoms with E-state index in [4.69, 9.17) is 0 Å². The van der Waals surface area contributed by atoms with E-state index in [1.807, 2.05) is 0 Å². The molecule has 0 amide bonds. The van der Waals surface area contributed by atoms with E-state index >= 15 is 0 Å². The highest BCUT2D eigenvalue weighted by atomic mass is 16.1. The second kappa shape index (κ2) is 5.23. The summed E-state index contributed by atoms with van der Waals surface area (Å²) >= 11 is 0. The first-order chi connectivity index (χ1) is 8.50. The van der Waals surface area contributed by atoms with Gasteiger partial charge in [-0.2, -0.15) is 0 Å². The van der Waals surface area contributed by atoms with Gasteiger partial charge in [-0.25, -0.2) is 0 Å². The van der Waals surface area contributed by atoms with E-state index in [0.29, 0.717) is 18.1 Å². The molecule has 0 aromatic heterocycles. The van der Waals surface area contributed by atoms with Gasteiger partial charge in [0.15, 0.2) is 5.78 Å². The summed E-state index contributed by atoms with van der Waals surface area (Å²) in [5.74, 6) is 0.850. The van der Waals surface area contributed by atoms with Gasteiger partial charge in [0, 0.05) is 12.0 Å². The second-order valence-electron chi connectivity index (χ2n) is 5.62. The number of carbonyl (C=O) groups is 1. The third kappa shape index (κ3) is 2.49. The number of rotatable bonds is 3. The van der Waals surface area contributed by atoms with Gasteiger partial charge in [0.1, 0.15) is 0 Å². The van der Waals surface area contributed by atoms with Gasteiger partial charge in [-0.3, -0.25) is 4.79 Å². The molecule has 1 saturated heterocycles. The van der Waals surface area contributed by atoms with Crippen LogP contribution in [0.5, 0.6) is 0 Å². The highest BCUT2D eigenvalue weighted by molar-refractivity contribution is 5.99. The quantitative estimate of drug-likeness (QED) is 0.829. The van der Waals surface area contributed by atoms with Gasteiger partial charge >= 0.3 is 0 Å². The number of ketones is 1. The Kier molecular flexibility index (Phi) is 3.86. The van der Waals surface area contributed by atoms with Crippen molar-refractivity contribution in [2.24, 2.45) is 5.92 Å². The maximum Gasteiger partial charge on any atom is 0.163 e. The lowest BCUT2D eigenvalue weighted by atomic mass is 9.88. The zero-order valence-corrected chi connectivity index (χ0v) is 11.9. The van der Waals surface area contributed by atoms with Crippen LogP contribution in [-0.2, 0) is 0 Å². The van der Waals surface area contributed by atoms with E-state index in [1.54, 1.807) is 0 Å². The molecule has 1 fully saturated rings. The molecule has 2 rings (SSSR count). The Labute approximate surface area is 110 Å². The summed E-state index contributed by atoms with van der Waals surface area (Å²) in [6, 6.07) is 2.18. The van der Waals surface area contributed by atoms with Crippen LogP contribution in [0.15, 0.2) is 6.07 Å². The van der Waals surface area contributed by atoms with E-state index in [0.717, 1.165) is 36.2 Å². The molecule has 0 radical (unpaired) electrons. The molecule has 1 unspecified atom stereocenters. The minimum atomic E-state index is 0.325. The molecule has 0 spiro atoms. The Bertz CT molecular complexity index is 444. The molecule has 18 heavy (non-hydrogen) atoms. The third-order valence-corrected chi connectivity index (χ3v) is 4.28. The van der Waals surface area contributed by atoms with Crippen LogP contribution >= 0.6 is 0 Å². The second-order valence-corrected chi connectivity index (χ2v) is 5.62. The highest BCUT2D eigenvalue weighted by Gasteiger charge is 2.22. The lowest BCUT2D eigenvalue weighted by Gasteiger charge is -2.16. The Morgan fingerprint density at radius 1 is 1.22 bits per heavy atom. The maximum atomic E-state index is 12.5. The van der Waals surface area contributed by atoms with Crippen molar-refractivity contribution in [3.63, 3.8) is 0 Å². The predicted octanol–water partition coefficient (Wildman–Crippen LogP) is 3.10. The van der Waals surface area contributed by atoms with Gasteiger partial charge in [0.2, 0.25) is 0 Å². The molecule has 1 aromatic carbocycles. The summed E-state index contributed by atoms with van der Waals surface area (Å²) in [5, 5.41) is 3.33. The summed E-state index contributed by atoms with van der Waals surface area (Å²) in [6.07, 6.45) is 1.83. The Hall–Kier alpha value is -1.15. The van der Waals surface area contributed by atoms with Crippen molar-refractivity contribution < 1.29 is 4.79 Å². The SMILES string of the molecule is Cc1cc(C)c(C)c(C(=O)CC2CCNC2)c1C. The molecule has 1 aromatic rings. The van der Waals surface area contributed by atoms with E-state index in [2.05, 4.69) is 39.1 Å². The summed E-state index contributed by atoms with van der Waals surface area (Å²) in [4.78, 5) is 12.5. The fourth-order valence-corrected chi connectivity index (χ4v) is 2.89. The summed E-state index contributed by atoms with van der Waals surface area (Å²) < 4.78 is 0. The molecule has 0 saturated carbocycles. The predicted molar refractivity (Wildman–Crippen MR) is 75.3 cm³/mol. The molecule has 1 atom stereocenters. The minimum Gasteiger partial charge on any atom is -0.316 e. The highest BCUT2D eigenvalue weighted by Crippen LogP contribution is 2.25. The number of nitrogens with one attached hydrogen (secondary N) is 1. The molecular formula is C16H23NO. The Morgan fingerprint density at radius 2 is 1.83 bits per heavy atom. The van der Waals surface area contributed by atoms with Crippen molar-refractivity contribution in [3.05, 3.63) is 33.9 Å². The van der Waals surface area contributed by atoms with Crippen LogP contribution in [0.4, 0.5) is 0 Å². The number of aryl methyl sites for hydroxylation is 2. The van der Waals surface area contributed by atoms with E-state index in [-0.39, 0.29) is 0 Å². The zero-order chi connectivity index (χ0) is 13.3. The van der Waals surface area contributed by atoms with Crippen molar-refractivity contribution in [3.8, 4) is 0 Å². The topological polar surface area (TPSA) is 29.1 Å². The van der Waals surface area contributed by atoms with Gasteiger partial charge in [0.05, 0.1) is 0 Å². The summed E-state index contributed by atoms with van der Waals surface area (Å²) in [5.41, 5.74) is 5.75. The van der Waals surface area contributed by atoms with E-state index in [1.165, 1.54) is 11.1 Å². The average molecular weight is 245 g/mol. The smallest absolute Gasteiger partial charge is 0.163 e. The number of carbonyl (C=O) groups excluding carboxylic acids is 1. The first-order valence-electron chi connectivity index (χ1n) is 6.82. The van der Waals surface area contributed by atoms with Crippen LogP contribution in [0, 0.1) is 33.6 Å². The van der Waals surface area contributed by atoms with Crippen molar-refractivity contribution in [2.75, 3.05) is 13.1 Å². The Balaban J connectivity index is 2.29. The fraction of sp³-hybridized carbons (Fsp3) is 0.562. The van der Waals surface area contributed by atoms with Crippen LogP contribution in [-0.4, -0.2) is 18.9 Å². The standard InChI is InChI=1S/C16H23NO/c1-10-7-11(2)13(4)16(12(10)3)15(18)8-14-5-6-17-9-14/h7,14,17H,5-6,8-9H2,1-4H3. The van der Waals surface area contributed by atoms with Crippen molar-refractivity contribution in [1.29, 1.82) is 0 Å². The maximum absolute atomic E-state index is 12.5. The molecule has 1 aliphatic heterocycles. The molecule has 98 valence electrons. The van der Waals surface area contributed by atoms with Gasteiger partial charge in [0.25, 0.3) is 0 Å². The molecule has 2 heteroatoms. The molecule has 2 nitrogen and oxygen atoms in total. The van der Waals surface area contributed by atoms with Gasteiger partial charge in [-0.15, -0.1) is 0 Å². The molecule has 0 bridgehead atoms. The fourth-order valence-electron chi connectivity index (χ4n) is 2.89. The zero-order valence-electron chi connectivity index (χ0n) is 11.9. The lowest BCUT2D eigenvalue weighted by molar-refractivity contribution is 0.0963. The third-order valence-electron chi connectivity index (χ3n) is 4.28. The summed E-state index contributed by atoms with van der Waals surface area (Å²) in [6.45, 7) is 10.4. The van der Waals surface area contributed by atoms with Crippen molar-refractivity contribution >= 4 is 5.78 Å². The van der Waals surface area contributed by atoms with E-state index in [9.17, 15) is 4.79 Å². The van der Waals surface area contributed by atoms with Crippen LogP contribution in [0.3, 0.4) is 0 Å². The van der Waals surface area contributed by atoms with E-state index < -0.39 is 0 Å². The largest absolute Gasteiger partial charge is 0.316 e. The first-order valence-corrected chi connectivity index (χ1v) is 6.82. The Morgan fingerprint density at radius 3 is 2.33 bits per heavy atom. The normalized spacial score (nSPS) is 19.2. The molecule has 1 heterocycles. The van der Waals surface area contributed by atoms with Gasteiger partial charge in [-0.05, 0) is 75.4 Å². The van der Waals surface area contributed by atoms with Gasteiger partial charge < -0.3 is 5.32 Å². The van der Waals surface area contributed by atoms with Crippen molar-refractivity contribution in [2.45, 2.75) is 40.5 Å². The molecular weight excluding hydrogens is 222 g/mol. The number of benzene rings is 1. The molecule has 0 aliphatic carbocycles. The number of Topliss-reactive ketones (excluding diaryl/α,β-unsaturated/α-hetero) is 1. The van der Waals surface area contributed by atoms with Crippen LogP contribution in [0.2, 0.25) is 0 Å².